The molecule has 2 rings (SSSR count). The molecular formula is C13H18N2O2S. The Morgan fingerprint density at radius 2 is 2.28 bits per heavy atom. The molecule has 3 N–H and O–H groups in total. The number of hydrogen-bond acceptors (Lipinski definition) is 4. The first-order chi connectivity index (χ1) is 8.54. The molecular weight excluding hydrogens is 248 g/mol. The minimum atomic E-state index is -0.527. The largest absolute Gasteiger partial charge is 0.396 e. The van der Waals surface area contributed by atoms with Crippen molar-refractivity contribution >= 4 is 23.4 Å². The molecule has 2 unspecified atom stereocenters. The number of carbonyl (C=O) groups excluding carboxylic acids is 1. The normalized spacial score (nSPS) is 20.1. The molecule has 5 heteroatoms. The Bertz CT molecular complexity index is 464. The Morgan fingerprint density at radius 1 is 1.56 bits per heavy atom. The van der Waals surface area contributed by atoms with Gasteiger partial charge in [0.1, 0.15) is 6.04 Å². The van der Waals surface area contributed by atoms with Gasteiger partial charge in [-0.3, -0.25) is 4.79 Å². The Labute approximate surface area is 111 Å². The summed E-state index contributed by atoms with van der Waals surface area (Å²) in [4.78, 5) is 14.5. The average Bonchev–Trinajstić information content (AvgIpc) is 2.61. The van der Waals surface area contributed by atoms with Gasteiger partial charge in [0.05, 0.1) is 0 Å². The number of carbonyl (C=O) groups is 1. The lowest BCUT2D eigenvalue weighted by Crippen LogP contribution is -2.27. The Balaban J connectivity index is 2.16. The van der Waals surface area contributed by atoms with Gasteiger partial charge in [-0.05, 0) is 18.1 Å². The van der Waals surface area contributed by atoms with Crippen LogP contribution in [0.1, 0.15) is 18.5 Å². The van der Waals surface area contributed by atoms with Crippen molar-refractivity contribution in [2.75, 3.05) is 24.3 Å². The van der Waals surface area contributed by atoms with Crippen molar-refractivity contribution in [1.29, 1.82) is 0 Å². The summed E-state index contributed by atoms with van der Waals surface area (Å²) in [7, 11) is 1.75. The summed E-state index contributed by atoms with van der Waals surface area (Å²) in [6.45, 7) is 2.20. The molecule has 2 atom stereocenters. The van der Waals surface area contributed by atoms with Crippen LogP contribution in [0.15, 0.2) is 23.1 Å². The van der Waals surface area contributed by atoms with E-state index in [-0.39, 0.29) is 18.4 Å². The second-order valence-electron chi connectivity index (χ2n) is 4.69. The molecule has 18 heavy (non-hydrogen) atoms. The van der Waals surface area contributed by atoms with E-state index in [1.807, 2.05) is 25.1 Å². The number of aliphatic hydroxyl groups is 1. The number of thioether (sulfide) groups is 1. The molecule has 1 heterocycles. The third-order valence-electron chi connectivity index (χ3n) is 3.14. The second-order valence-corrected chi connectivity index (χ2v) is 5.79. The third kappa shape index (κ3) is 2.39. The number of benzene rings is 1. The fourth-order valence-electron chi connectivity index (χ4n) is 1.92. The summed E-state index contributed by atoms with van der Waals surface area (Å²) in [5.41, 5.74) is 7.63. The predicted molar refractivity (Wildman–Crippen MR) is 73.8 cm³/mol. The van der Waals surface area contributed by atoms with E-state index in [0.29, 0.717) is 0 Å². The molecule has 0 spiro atoms. The van der Waals surface area contributed by atoms with Gasteiger partial charge in [-0.15, -0.1) is 11.8 Å². The van der Waals surface area contributed by atoms with Gasteiger partial charge >= 0.3 is 0 Å². The standard InChI is InChI=1S/C13H18N2O2S/c1-8(6-16)7-18-9-3-4-10-11(5-9)15(2)13(17)12(10)14/h3-5,8,12,16H,6-7,14H2,1-2H3. The molecule has 1 aromatic carbocycles. The number of likely N-dealkylation sites (N-methyl/N-ethyl adjacent to an activating group) is 1. The van der Waals surface area contributed by atoms with Crippen LogP contribution in [-0.4, -0.2) is 30.4 Å². The number of aliphatic hydroxyl groups excluding tert-OH is 1. The number of hydrogen-bond donors (Lipinski definition) is 2. The van der Waals surface area contributed by atoms with Crippen LogP contribution in [0.2, 0.25) is 0 Å². The molecule has 0 aliphatic carbocycles. The molecule has 0 bridgehead atoms. The van der Waals surface area contributed by atoms with Crippen LogP contribution >= 0.6 is 11.8 Å². The molecule has 1 aliphatic rings. The molecule has 0 saturated carbocycles. The Kier molecular flexibility index (Phi) is 3.94. The number of rotatable bonds is 4. The summed E-state index contributed by atoms with van der Waals surface area (Å²) < 4.78 is 0. The van der Waals surface area contributed by atoms with Crippen LogP contribution in [-0.2, 0) is 4.79 Å². The summed E-state index contributed by atoms with van der Waals surface area (Å²) in [5.74, 6) is 1.07. The minimum absolute atomic E-state index is 0.0594. The van der Waals surface area contributed by atoms with E-state index in [4.69, 9.17) is 10.8 Å². The van der Waals surface area contributed by atoms with E-state index >= 15 is 0 Å². The van der Waals surface area contributed by atoms with Crippen molar-refractivity contribution in [2.45, 2.75) is 17.9 Å². The van der Waals surface area contributed by atoms with Crippen molar-refractivity contribution < 1.29 is 9.90 Å². The molecule has 0 radical (unpaired) electrons. The first-order valence-electron chi connectivity index (χ1n) is 5.95. The molecule has 98 valence electrons. The van der Waals surface area contributed by atoms with Gasteiger partial charge in [0.25, 0.3) is 0 Å². The van der Waals surface area contributed by atoms with Crippen LogP contribution < -0.4 is 10.6 Å². The van der Waals surface area contributed by atoms with Crippen molar-refractivity contribution in [2.24, 2.45) is 11.7 Å². The molecule has 1 aliphatic heterocycles. The van der Waals surface area contributed by atoms with Crippen LogP contribution in [0, 0.1) is 5.92 Å². The van der Waals surface area contributed by atoms with Crippen molar-refractivity contribution in [3.63, 3.8) is 0 Å². The van der Waals surface area contributed by atoms with Crippen LogP contribution in [0.5, 0.6) is 0 Å². The summed E-state index contributed by atoms with van der Waals surface area (Å²) in [5, 5.41) is 9.00. The first-order valence-corrected chi connectivity index (χ1v) is 6.94. The number of amides is 1. The first kappa shape index (κ1) is 13.4. The van der Waals surface area contributed by atoms with Gasteiger partial charge in [-0.25, -0.2) is 0 Å². The number of fused-ring (bicyclic) bond motifs is 1. The number of nitrogens with two attached hydrogens (primary N) is 1. The molecule has 1 aromatic rings. The predicted octanol–water partition coefficient (Wildman–Crippen LogP) is 1.38. The highest BCUT2D eigenvalue weighted by Crippen LogP contribution is 2.36. The van der Waals surface area contributed by atoms with Gasteiger partial charge < -0.3 is 15.7 Å². The SMILES string of the molecule is CC(CO)CSc1ccc2c(c1)N(C)C(=O)C2N. The van der Waals surface area contributed by atoms with Crippen LogP contribution in [0.3, 0.4) is 0 Å². The monoisotopic (exact) mass is 266 g/mol. The Hall–Kier alpha value is -1.04. The summed E-state index contributed by atoms with van der Waals surface area (Å²) >= 11 is 1.68. The van der Waals surface area contributed by atoms with E-state index in [2.05, 4.69) is 0 Å². The number of anilines is 1. The van der Waals surface area contributed by atoms with E-state index in [0.717, 1.165) is 21.9 Å². The highest BCUT2D eigenvalue weighted by atomic mass is 32.2. The summed E-state index contributed by atoms with van der Waals surface area (Å²) in [6, 6.07) is 5.38. The lowest BCUT2D eigenvalue weighted by atomic mass is 10.1. The van der Waals surface area contributed by atoms with Crippen molar-refractivity contribution in [1.82, 2.24) is 0 Å². The van der Waals surface area contributed by atoms with Gasteiger partial charge in [0.2, 0.25) is 5.91 Å². The highest BCUT2D eigenvalue weighted by Gasteiger charge is 2.32. The highest BCUT2D eigenvalue weighted by molar-refractivity contribution is 7.99. The Morgan fingerprint density at radius 3 is 2.94 bits per heavy atom. The van der Waals surface area contributed by atoms with Crippen LogP contribution in [0.4, 0.5) is 5.69 Å². The maximum absolute atomic E-state index is 11.7. The average molecular weight is 266 g/mol. The van der Waals surface area contributed by atoms with Crippen LogP contribution in [0.25, 0.3) is 0 Å². The van der Waals surface area contributed by atoms with Gasteiger partial charge in [0.15, 0.2) is 0 Å². The maximum Gasteiger partial charge on any atom is 0.248 e. The second kappa shape index (κ2) is 5.30. The van der Waals surface area contributed by atoms with Gasteiger partial charge in [-0.2, -0.15) is 0 Å². The van der Waals surface area contributed by atoms with E-state index in [1.54, 1.807) is 23.7 Å². The third-order valence-corrected chi connectivity index (χ3v) is 4.46. The zero-order valence-electron chi connectivity index (χ0n) is 10.6. The van der Waals surface area contributed by atoms with Crippen molar-refractivity contribution in [3.05, 3.63) is 23.8 Å². The van der Waals surface area contributed by atoms with Gasteiger partial charge in [0, 0.05) is 35.6 Å². The zero-order chi connectivity index (χ0) is 13.3. The quantitative estimate of drug-likeness (QED) is 0.808. The molecule has 0 saturated heterocycles. The van der Waals surface area contributed by atoms with Crippen molar-refractivity contribution in [3.8, 4) is 0 Å². The lowest BCUT2D eigenvalue weighted by molar-refractivity contribution is -0.118. The molecule has 0 aromatic heterocycles. The van der Waals surface area contributed by atoms with Gasteiger partial charge in [-0.1, -0.05) is 13.0 Å². The lowest BCUT2D eigenvalue weighted by Gasteiger charge is -2.12. The maximum atomic E-state index is 11.7. The molecule has 1 amide bonds. The minimum Gasteiger partial charge on any atom is -0.396 e. The summed E-state index contributed by atoms with van der Waals surface area (Å²) in [6.07, 6.45) is 0. The zero-order valence-corrected chi connectivity index (χ0v) is 11.4. The van der Waals surface area contributed by atoms with E-state index < -0.39 is 6.04 Å². The number of nitrogens with zero attached hydrogens (tertiary/aromatic N) is 1. The molecule has 0 fully saturated rings. The topological polar surface area (TPSA) is 66.6 Å². The molecule has 4 nitrogen and oxygen atoms in total. The smallest absolute Gasteiger partial charge is 0.248 e. The van der Waals surface area contributed by atoms with E-state index in [1.165, 1.54) is 0 Å². The van der Waals surface area contributed by atoms with E-state index in [9.17, 15) is 4.79 Å². The fraction of sp³-hybridized carbons (Fsp3) is 0.462. The fourth-order valence-corrected chi connectivity index (χ4v) is 2.86.